The third-order valence-corrected chi connectivity index (χ3v) is 4.71. The van der Waals surface area contributed by atoms with Crippen LogP contribution in [0.3, 0.4) is 0 Å². The van der Waals surface area contributed by atoms with E-state index in [1.807, 2.05) is 13.1 Å². The van der Waals surface area contributed by atoms with Crippen molar-refractivity contribution < 1.29 is 4.79 Å². The molecule has 3 nitrogen and oxygen atoms in total. The molecule has 5 heteroatoms. The van der Waals surface area contributed by atoms with Gasteiger partial charge in [-0.2, -0.15) is 0 Å². The van der Waals surface area contributed by atoms with Gasteiger partial charge in [-0.1, -0.05) is 0 Å². The third-order valence-electron chi connectivity index (χ3n) is 2.90. The second kappa shape index (κ2) is 4.85. The number of likely N-dealkylation sites (N-methyl/N-ethyl adjacent to an activating group) is 1. The lowest BCUT2D eigenvalue weighted by Crippen LogP contribution is -2.38. The molecular weight excluding hydrogens is 288 g/mol. The van der Waals surface area contributed by atoms with Crippen molar-refractivity contribution in [2.75, 3.05) is 13.6 Å². The lowest BCUT2D eigenvalue weighted by molar-refractivity contribution is -0.128. The molecule has 1 saturated heterocycles. The Kier molecular flexibility index (Phi) is 3.66. The van der Waals surface area contributed by atoms with Gasteiger partial charge in [-0.25, -0.2) is 0 Å². The number of carbonyl (C=O) groups excluding carboxylic acids is 1. The number of carbonyl (C=O) groups is 1. The van der Waals surface area contributed by atoms with E-state index >= 15 is 0 Å². The van der Waals surface area contributed by atoms with Crippen molar-refractivity contribution in [1.29, 1.82) is 0 Å². The largest absolute Gasteiger partial charge is 0.344 e. The standard InChI is InChI=1S/C11H15BrN2OS/c1-7(9-3-4-10(12)16-9)13-8-5-6-14(2)11(8)15/h3-4,7-8,13H,5-6H2,1-2H3. The Morgan fingerprint density at radius 2 is 2.38 bits per heavy atom. The molecule has 1 N–H and O–H groups in total. The van der Waals surface area contributed by atoms with E-state index in [0.29, 0.717) is 0 Å². The van der Waals surface area contributed by atoms with Gasteiger partial charge in [0.05, 0.1) is 9.83 Å². The quantitative estimate of drug-likeness (QED) is 0.930. The smallest absolute Gasteiger partial charge is 0.239 e. The van der Waals surface area contributed by atoms with Gasteiger partial charge in [0, 0.05) is 24.5 Å². The molecule has 16 heavy (non-hydrogen) atoms. The van der Waals surface area contributed by atoms with Crippen LogP contribution in [-0.2, 0) is 4.79 Å². The van der Waals surface area contributed by atoms with Crippen LogP contribution in [0.2, 0.25) is 0 Å². The first kappa shape index (κ1) is 12.1. The van der Waals surface area contributed by atoms with Crippen LogP contribution < -0.4 is 5.32 Å². The van der Waals surface area contributed by atoms with E-state index in [2.05, 4.69) is 34.2 Å². The monoisotopic (exact) mass is 302 g/mol. The summed E-state index contributed by atoms with van der Waals surface area (Å²) in [5, 5.41) is 3.39. The van der Waals surface area contributed by atoms with Crippen LogP contribution in [0.25, 0.3) is 0 Å². The summed E-state index contributed by atoms with van der Waals surface area (Å²) in [4.78, 5) is 14.8. The number of likely N-dealkylation sites (tertiary alicyclic amines) is 1. The molecule has 2 rings (SSSR count). The zero-order valence-electron chi connectivity index (χ0n) is 9.37. The molecule has 1 aliphatic heterocycles. The summed E-state index contributed by atoms with van der Waals surface area (Å²) in [6, 6.07) is 4.36. The highest BCUT2D eigenvalue weighted by Crippen LogP contribution is 2.27. The minimum atomic E-state index is -0.0131. The van der Waals surface area contributed by atoms with Crippen molar-refractivity contribution in [3.63, 3.8) is 0 Å². The molecule has 1 amide bonds. The molecule has 0 aliphatic carbocycles. The maximum atomic E-state index is 11.7. The van der Waals surface area contributed by atoms with Crippen molar-refractivity contribution >= 4 is 33.2 Å². The summed E-state index contributed by atoms with van der Waals surface area (Å²) in [6.45, 7) is 2.96. The van der Waals surface area contributed by atoms with Crippen molar-refractivity contribution in [3.8, 4) is 0 Å². The summed E-state index contributed by atoms with van der Waals surface area (Å²) < 4.78 is 1.13. The van der Waals surface area contributed by atoms with Crippen LogP contribution >= 0.6 is 27.3 Å². The van der Waals surface area contributed by atoms with Crippen molar-refractivity contribution in [2.45, 2.75) is 25.4 Å². The Morgan fingerprint density at radius 3 is 2.88 bits per heavy atom. The molecular formula is C11H15BrN2OS. The molecule has 0 radical (unpaired) electrons. The Bertz CT molecular complexity index is 393. The Hall–Kier alpha value is -0.390. The minimum absolute atomic E-state index is 0.0131. The van der Waals surface area contributed by atoms with Gasteiger partial charge in [0.1, 0.15) is 0 Å². The maximum Gasteiger partial charge on any atom is 0.239 e. The van der Waals surface area contributed by atoms with Crippen molar-refractivity contribution in [2.24, 2.45) is 0 Å². The zero-order chi connectivity index (χ0) is 11.7. The number of hydrogen-bond donors (Lipinski definition) is 1. The van der Waals surface area contributed by atoms with E-state index in [9.17, 15) is 4.79 Å². The molecule has 1 aromatic heterocycles. The normalized spacial score (nSPS) is 22.8. The molecule has 0 aromatic carbocycles. The maximum absolute atomic E-state index is 11.7. The van der Waals surface area contributed by atoms with Gasteiger partial charge in [-0.05, 0) is 41.4 Å². The summed E-state index contributed by atoms with van der Waals surface area (Å²) >= 11 is 5.16. The molecule has 0 bridgehead atoms. The van der Waals surface area contributed by atoms with Gasteiger partial charge in [-0.3, -0.25) is 10.1 Å². The fourth-order valence-electron chi connectivity index (χ4n) is 1.92. The van der Waals surface area contributed by atoms with Gasteiger partial charge in [0.2, 0.25) is 5.91 Å². The lowest BCUT2D eigenvalue weighted by atomic mass is 10.2. The van der Waals surface area contributed by atoms with Crippen LogP contribution in [0.15, 0.2) is 15.9 Å². The highest BCUT2D eigenvalue weighted by atomic mass is 79.9. The van der Waals surface area contributed by atoms with E-state index in [1.54, 1.807) is 16.2 Å². The predicted octanol–water partition coefficient (Wildman–Crippen LogP) is 2.39. The van der Waals surface area contributed by atoms with E-state index < -0.39 is 0 Å². The van der Waals surface area contributed by atoms with Gasteiger partial charge < -0.3 is 4.90 Å². The fourth-order valence-corrected chi connectivity index (χ4v) is 3.36. The first-order valence-corrected chi connectivity index (χ1v) is 6.95. The van der Waals surface area contributed by atoms with Crippen LogP contribution in [0.1, 0.15) is 24.3 Å². The topological polar surface area (TPSA) is 32.3 Å². The molecule has 0 spiro atoms. The van der Waals surface area contributed by atoms with E-state index in [4.69, 9.17) is 0 Å². The zero-order valence-corrected chi connectivity index (χ0v) is 11.8. The number of rotatable bonds is 3. The number of nitrogens with one attached hydrogen (secondary N) is 1. The van der Waals surface area contributed by atoms with Gasteiger partial charge >= 0.3 is 0 Å². The second-order valence-corrected chi connectivity index (χ2v) is 6.63. The number of halogens is 1. The molecule has 1 fully saturated rings. The predicted molar refractivity (Wildman–Crippen MR) is 69.6 cm³/mol. The summed E-state index contributed by atoms with van der Waals surface area (Å²) in [5.74, 6) is 0.211. The average Bonchev–Trinajstić information content (AvgIpc) is 2.79. The van der Waals surface area contributed by atoms with Crippen molar-refractivity contribution in [1.82, 2.24) is 10.2 Å². The average molecular weight is 303 g/mol. The van der Waals surface area contributed by atoms with E-state index in [0.717, 1.165) is 16.8 Å². The number of amides is 1. The number of thiophene rings is 1. The summed E-state index contributed by atoms with van der Waals surface area (Å²) in [5.41, 5.74) is 0. The SMILES string of the molecule is CC(NC1CCN(C)C1=O)c1ccc(Br)s1. The van der Waals surface area contributed by atoms with Gasteiger partial charge in [-0.15, -0.1) is 11.3 Å². The Morgan fingerprint density at radius 1 is 1.62 bits per heavy atom. The van der Waals surface area contributed by atoms with Crippen LogP contribution in [-0.4, -0.2) is 30.4 Å². The fraction of sp³-hybridized carbons (Fsp3) is 0.545. The molecule has 0 saturated carbocycles. The van der Waals surface area contributed by atoms with Crippen LogP contribution in [0.4, 0.5) is 0 Å². The van der Waals surface area contributed by atoms with E-state index in [1.165, 1.54) is 4.88 Å². The number of nitrogens with zero attached hydrogens (tertiary/aromatic N) is 1. The summed E-state index contributed by atoms with van der Waals surface area (Å²) in [7, 11) is 1.86. The highest BCUT2D eigenvalue weighted by Gasteiger charge is 2.30. The third kappa shape index (κ3) is 2.47. The van der Waals surface area contributed by atoms with Crippen molar-refractivity contribution in [3.05, 3.63) is 20.8 Å². The highest BCUT2D eigenvalue weighted by molar-refractivity contribution is 9.11. The van der Waals surface area contributed by atoms with Gasteiger partial charge in [0.15, 0.2) is 0 Å². The molecule has 2 heterocycles. The molecule has 88 valence electrons. The van der Waals surface area contributed by atoms with Crippen LogP contribution in [0.5, 0.6) is 0 Å². The van der Waals surface area contributed by atoms with E-state index in [-0.39, 0.29) is 18.0 Å². The minimum Gasteiger partial charge on any atom is -0.344 e. The van der Waals surface area contributed by atoms with Crippen LogP contribution in [0, 0.1) is 0 Å². The summed E-state index contributed by atoms with van der Waals surface area (Å²) in [6.07, 6.45) is 0.909. The molecule has 1 aliphatic rings. The Balaban J connectivity index is 1.97. The molecule has 2 unspecified atom stereocenters. The Labute approximate surface area is 108 Å². The number of hydrogen-bond acceptors (Lipinski definition) is 3. The lowest BCUT2D eigenvalue weighted by Gasteiger charge is -2.17. The molecule has 1 aromatic rings. The first-order valence-electron chi connectivity index (χ1n) is 5.34. The molecule has 2 atom stereocenters. The second-order valence-electron chi connectivity index (χ2n) is 4.13. The first-order chi connectivity index (χ1) is 7.58. The van der Waals surface area contributed by atoms with Gasteiger partial charge in [0.25, 0.3) is 0 Å².